The first-order valence-electron chi connectivity index (χ1n) is 15.6. The molecule has 0 atom stereocenters. The standard InChI is InChI=1S/C34H35N9O3S/c44-33(34(41-20-21-41,42-22-23-42)43-24-25-43)35-19-18-26-6-16-32(17-7-26)47(45,46)40-31-14-12-30(13-15-31)39-38-29-10-8-28(9-11-29)37-36-27-4-2-1-3-5-27/h1-17,40H,18-25H2,(H,35,44). The number of carbonyl (C=O) groups excluding carboxylic acids is 1. The van der Waals surface area contributed by atoms with Crippen LogP contribution in [-0.4, -0.2) is 80.6 Å². The molecule has 13 heteroatoms. The Labute approximate surface area is 273 Å². The fourth-order valence-electron chi connectivity index (χ4n) is 5.51. The van der Waals surface area contributed by atoms with Crippen LogP contribution in [0.15, 0.2) is 128 Å². The van der Waals surface area contributed by atoms with Crippen molar-refractivity contribution in [2.75, 3.05) is 50.5 Å². The number of hydrogen-bond acceptors (Lipinski definition) is 10. The molecule has 7 rings (SSSR count). The second-order valence-electron chi connectivity index (χ2n) is 11.7. The summed E-state index contributed by atoms with van der Waals surface area (Å²) in [7, 11) is -3.79. The molecule has 0 unspecified atom stereocenters. The third-order valence-electron chi connectivity index (χ3n) is 8.19. The maximum absolute atomic E-state index is 13.3. The van der Waals surface area contributed by atoms with Crippen molar-refractivity contribution < 1.29 is 13.2 Å². The number of carbonyl (C=O) groups is 1. The van der Waals surface area contributed by atoms with Gasteiger partial charge in [-0.3, -0.25) is 24.2 Å². The van der Waals surface area contributed by atoms with Crippen LogP contribution in [0.25, 0.3) is 0 Å². The van der Waals surface area contributed by atoms with Crippen LogP contribution in [0.1, 0.15) is 5.56 Å². The SMILES string of the molecule is O=C(NCCc1ccc(S(=O)(=O)Nc2ccc(N=Nc3ccc(N=Nc4ccccc4)cc3)cc2)cc1)C(N1CC1)(N1CC1)N1CC1. The molecule has 0 bridgehead atoms. The van der Waals surface area contributed by atoms with Crippen molar-refractivity contribution >= 4 is 44.4 Å². The molecule has 1 amide bonds. The van der Waals surface area contributed by atoms with Crippen LogP contribution in [0, 0.1) is 0 Å². The van der Waals surface area contributed by atoms with Gasteiger partial charge in [-0.05, 0) is 84.8 Å². The molecule has 3 fully saturated rings. The molecule has 0 radical (unpaired) electrons. The molecule has 4 aromatic rings. The predicted molar refractivity (Wildman–Crippen MR) is 179 cm³/mol. The molecule has 12 nitrogen and oxygen atoms in total. The van der Waals surface area contributed by atoms with Gasteiger partial charge in [0, 0.05) is 51.5 Å². The Morgan fingerprint density at radius 3 is 1.53 bits per heavy atom. The predicted octanol–water partition coefficient (Wildman–Crippen LogP) is 5.58. The first kappa shape index (κ1) is 30.8. The van der Waals surface area contributed by atoms with Crippen molar-refractivity contribution in [1.29, 1.82) is 0 Å². The van der Waals surface area contributed by atoms with E-state index in [9.17, 15) is 13.2 Å². The summed E-state index contributed by atoms with van der Waals surface area (Å²) in [5, 5.41) is 20.1. The van der Waals surface area contributed by atoms with Crippen LogP contribution < -0.4 is 10.0 Å². The van der Waals surface area contributed by atoms with Gasteiger partial charge in [-0.15, -0.1) is 0 Å². The summed E-state index contributed by atoms with van der Waals surface area (Å²) in [5.41, 5.74) is 4.06. The molecule has 0 saturated carbocycles. The van der Waals surface area contributed by atoms with Gasteiger partial charge in [0.05, 0.1) is 27.6 Å². The number of anilines is 1. The Morgan fingerprint density at radius 2 is 1.06 bits per heavy atom. The van der Waals surface area contributed by atoms with Crippen molar-refractivity contribution in [1.82, 2.24) is 20.0 Å². The van der Waals surface area contributed by atoms with E-state index in [1.807, 2.05) is 42.5 Å². The Bertz CT molecular complexity index is 1840. The molecule has 0 aliphatic carbocycles. The summed E-state index contributed by atoms with van der Waals surface area (Å²) in [6, 6.07) is 30.1. The molecule has 3 aliphatic rings. The molecule has 0 aromatic heterocycles. The summed E-state index contributed by atoms with van der Waals surface area (Å²) >= 11 is 0. The lowest BCUT2D eigenvalue weighted by molar-refractivity contribution is -0.145. The highest BCUT2D eigenvalue weighted by Gasteiger charge is 2.63. The van der Waals surface area contributed by atoms with Crippen molar-refractivity contribution in [3.8, 4) is 0 Å². The average Bonchev–Trinajstić information content (AvgIpc) is 3.92. The normalized spacial score (nSPS) is 16.9. The van der Waals surface area contributed by atoms with E-state index in [0.29, 0.717) is 35.7 Å². The van der Waals surface area contributed by atoms with E-state index in [4.69, 9.17) is 0 Å². The number of azo groups is 2. The lowest BCUT2D eigenvalue weighted by Gasteiger charge is -2.36. The Hall–Kier alpha value is -4.82. The smallest absolute Gasteiger partial charge is 0.271 e. The molecule has 4 aromatic carbocycles. The van der Waals surface area contributed by atoms with Crippen molar-refractivity contribution in [2.45, 2.75) is 17.1 Å². The second kappa shape index (κ2) is 13.1. The number of amides is 1. The molecule has 2 N–H and O–H groups in total. The van der Waals surface area contributed by atoms with Gasteiger partial charge in [0.15, 0.2) is 0 Å². The fraction of sp³-hybridized carbons (Fsp3) is 0.265. The van der Waals surface area contributed by atoms with Crippen LogP contribution in [0.5, 0.6) is 0 Å². The number of rotatable bonds is 14. The van der Waals surface area contributed by atoms with Crippen LogP contribution >= 0.6 is 0 Å². The largest absolute Gasteiger partial charge is 0.352 e. The zero-order chi connectivity index (χ0) is 32.3. The zero-order valence-corrected chi connectivity index (χ0v) is 26.6. The zero-order valence-electron chi connectivity index (χ0n) is 25.7. The number of sulfonamides is 1. The van der Waals surface area contributed by atoms with Crippen molar-refractivity contribution in [3.63, 3.8) is 0 Å². The highest BCUT2D eigenvalue weighted by molar-refractivity contribution is 7.92. The van der Waals surface area contributed by atoms with Gasteiger partial charge in [-0.2, -0.15) is 20.5 Å². The summed E-state index contributed by atoms with van der Waals surface area (Å²) in [5.74, 6) is -0.578. The molecule has 0 spiro atoms. The highest BCUT2D eigenvalue weighted by Crippen LogP contribution is 2.39. The number of benzene rings is 4. The van der Waals surface area contributed by atoms with E-state index in [-0.39, 0.29) is 10.8 Å². The minimum absolute atomic E-state index is 0.0395. The Morgan fingerprint density at radius 1 is 0.617 bits per heavy atom. The first-order chi connectivity index (χ1) is 22.9. The summed E-state index contributed by atoms with van der Waals surface area (Å²) in [6.45, 7) is 6.15. The molecule has 3 saturated heterocycles. The van der Waals surface area contributed by atoms with Gasteiger partial charge in [0.25, 0.3) is 15.9 Å². The maximum atomic E-state index is 13.3. The second-order valence-corrected chi connectivity index (χ2v) is 13.3. The van der Waals surface area contributed by atoms with Gasteiger partial charge in [0.1, 0.15) is 0 Å². The van der Waals surface area contributed by atoms with Gasteiger partial charge < -0.3 is 5.32 Å². The van der Waals surface area contributed by atoms with Crippen molar-refractivity contribution in [2.24, 2.45) is 20.5 Å². The van der Waals surface area contributed by atoms with Crippen LogP contribution in [0.4, 0.5) is 28.4 Å². The topological polar surface area (TPSA) is 134 Å². The molecule has 47 heavy (non-hydrogen) atoms. The molecule has 240 valence electrons. The fourth-order valence-corrected chi connectivity index (χ4v) is 6.57. The molecular weight excluding hydrogens is 615 g/mol. The van der Waals surface area contributed by atoms with Gasteiger partial charge in [0.2, 0.25) is 5.79 Å². The Kier molecular flexibility index (Phi) is 8.60. The minimum Gasteiger partial charge on any atom is -0.352 e. The van der Waals surface area contributed by atoms with Crippen LogP contribution in [0.2, 0.25) is 0 Å². The minimum atomic E-state index is -3.79. The van der Waals surface area contributed by atoms with Crippen molar-refractivity contribution in [3.05, 3.63) is 109 Å². The van der Waals surface area contributed by atoms with Gasteiger partial charge in [-0.1, -0.05) is 30.3 Å². The third-order valence-corrected chi connectivity index (χ3v) is 9.59. The summed E-state index contributed by atoms with van der Waals surface area (Å²) in [6.07, 6.45) is 0.606. The van der Waals surface area contributed by atoms with E-state index in [1.54, 1.807) is 60.7 Å². The lowest BCUT2D eigenvalue weighted by atomic mass is 10.1. The lowest BCUT2D eigenvalue weighted by Crippen LogP contribution is -2.63. The third kappa shape index (κ3) is 7.28. The summed E-state index contributed by atoms with van der Waals surface area (Å²) in [4.78, 5) is 20.2. The van der Waals surface area contributed by atoms with Gasteiger partial charge >= 0.3 is 0 Å². The monoisotopic (exact) mass is 649 g/mol. The quantitative estimate of drug-likeness (QED) is 0.135. The first-order valence-corrected chi connectivity index (χ1v) is 17.1. The van der Waals surface area contributed by atoms with Gasteiger partial charge in [-0.25, -0.2) is 8.42 Å². The number of nitrogens with zero attached hydrogens (tertiary/aromatic N) is 7. The van der Waals surface area contributed by atoms with Crippen LogP contribution in [-0.2, 0) is 21.2 Å². The molecule has 3 heterocycles. The number of nitrogens with one attached hydrogen (secondary N) is 2. The average molecular weight is 650 g/mol. The highest BCUT2D eigenvalue weighted by atomic mass is 32.2. The van der Waals surface area contributed by atoms with E-state index >= 15 is 0 Å². The molecular formula is C34H35N9O3S. The number of hydrogen-bond donors (Lipinski definition) is 2. The van der Waals surface area contributed by atoms with E-state index in [0.717, 1.165) is 50.5 Å². The van der Waals surface area contributed by atoms with E-state index in [1.165, 1.54) is 0 Å². The molecule has 3 aliphatic heterocycles. The van der Waals surface area contributed by atoms with E-state index in [2.05, 4.69) is 45.2 Å². The maximum Gasteiger partial charge on any atom is 0.271 e. The van der Waals surface area contributed by atoms with Crippen LogP contribution in [0.3, 0.4) is 0 Å². The Balaban J connectivity index is 0.898. The summed E-state index contributed by atoms with van der Waals surface area (Å²) < 4.78 is 28.7. The van der Waals surface area contributed by atoms with E-state index < -0.39 is 15.8 Å².